The van der Waals surface area contributed by atoms with Gasteiger partial charge in [0.1, 0.15) is 0 Å². The van der Waals surface area contributed by atoms with Gasteiger partial charge in [-0.2, -0.15) is 0 Å². The van der Waals surface area contributed by atoms with Crippen LogP contribution in [0.2, 0.25) is 5.15 Å². The lowest BCUT2D eigenvalue weighted by Gasteiger charge is -2.35. The summed E-state index contributed by atoms with van der Waals surface area (Å²) in [5, 5.41) is 9.91. The number of hydrogen-bond donors (Lipinski definition) is 1. The third kappa shape index (κ3) is 2.38. The van der Waals surface area contributed by atoms with E-state index in [9.17, 15) is 5.11 Å². The number of halogens is 1. The molecule has 0 bridgehead atoms. The zero-order valence-electron chi connectivity index (χ0n) is 10.6. The van der Waals surface area contributed by atoms with Gasteiger partial charge in [-0.25, -0.2) is 9.97 Å². The summed E-state index contributed by atoms with van der Waals surface area (Å²) in [5.74, 6) is 0.694. The fraction of sp³-hybridized carbons (Fsp3) is 0.429. The van der Waals surface area contributed by atoms with E-state index in [-0.39, 0.29) is 12.6 Å². The Morgan fingerprint density at radius 3 is 2.68 bits per heavy atom. The highest BCUT2D eigenvalue weighted by atomic mass is 35.5. The SMILES string of the molecule is OCC1CCCCN1c1nc2ccccc2nc1Cl. The van der Waals surface area contributed by atoms with Gasteiger partial charge < -0.3 is 10.0 Å². The Morgan fingerprint density at radius 1 is 1.21 bits per heavy atom. The molecule has 2 heterocycles. The monoisotopic (exact) mass is 277 g/mol. The number of piperidine rings is 1. The first-order valence-corrected chi connectivity index (χ1v) is 6.97. The maximum absolute atomic E-state index is 9.49. The Balaban J connectivity index is 2.05. The van der Waals surface area contributed by atoms with Crippen LogP contribution in [0.1, 0.15) is 19.3 Å². The second-order valence-electron chi connectivity index (χ2n) is 4.85. The number of hydrogen-bond acceptors (Lipinski definition) is 4. The van der Waals surface area contributed by atoms with Gasteiger partial charge >= 0.3 is 0 Å². The zero-order valence-corrected chi connectivity index (χ0v) is 11.3. The molecule has 1 N–H and O–H groups in total. The minimum atomic E-state index is 0.0988. The van der Waals surface area contributed by atoms with Gasteiger partial charge in [0.25, 0.3) is 0 Å². The fourth-order valence-electron chi connectivity index (χ4n) is 2.62. The second-order valence-corrected chi connectivity index (χ2v) is 5.21. The average Bonchev–Trinajstić information content (AvgIpc) is 2.46. The lowest BCUT2D eigenvalue weighted by molar-refractivity contribution is 0.239. The molecule has 2 aromatic rings. The van der Waals surface area contributed by atoms with Gasteiger partial charge in [-0.05, 0) is 31.4 Å². The molecule has 0 saturated carbocycles. The summed E-state index contributed by atoms with van der Waals surface area (Å²) in [5.41, 5.74) is 1.64. The second kappa shape index (κ2) is 5.31. The molecule has 1 atom stereocenters. The molecule has 1 fully saturated rings. The third-order valence-corrected chi connectivity index (χ3v) is 3.87. The van der Waals surface area contributed by atoms with Gasteiger partial charge in [-0.3, -0.25) is 0 Å². The Kier molecular flexibility index (Phi) is 3.53. The lowest BCUT2D eigenvalue weighted by Crippen LogP contribution is -2.42. The van der Waals surface area contributed by atoms with Gasteiger partial charge in [0.2, 0.25) is 0 Å². The highest BCUT2D eigenvalue weighted by Crippen LogP contribution is 2.29. The number of rotatable bonds is 2. The van der Waals surface area contributed by atoms with Gasteiger partial charge in [0.15, 0.2) is 11.0 Å². The van der Waals surface area contributed by atoms with Crippen molar-refractivity contribution in [3.05, 3.63) is 29.4 Å². The van der Waals surface area contributed by atoms with Gasteiger partial charge in [-0.1, -0.05) is 23.7 Å². The molecule has 4 nitrogen and oxygen atoms in total. The van der Waals surface area contributed by atoms with Crippen LogP contribution in [0.4, 0.5) is 5.82 Å². The summed E-state index contributed by atoms with van der Waals surface area (Å²) in [7, 11) is 0. The van der Waals surface area contributed by atoms with E-state index in [4.69, 9.17) is 11.6 Å². The number of benzene rings is 1. The van der Waals surface area contributed by atoms with E-state index in [0.29, 0.717) is 11.0 Å². The molecular formula is C14H16ClN3O. The molecule has 1 aromatic carbocycles. The first-order chi connectivity index (χ1) is 9.29. The largest absolute Gasteiger partial charge is 0.394 e. The van der Waals surface area contributed by atoms with Crippen LogP contribution >= 0.6 is 11.6 Å². The Bertz CT molecular complexity index is 590. The van der Waals surface area contributed by atoms with Crippen LogP contribution in [-0.4, -0.2) is 34.3 Å². The van der Waals surface area contributed by atoms with E-state index >= 15 is 0 Å². The van der Waals surface area contributed by atoms with Crippen LogP contribution in [0.25, 0.3) is 11.0 Å². The normalized spacial score (nSPS) is 19.9. The van der Waals surface area contributed by atoms with Crippen LogP contribution in [0.5, 0.6) is 0 Å². The number of aliphatic hydroxyl groups excluding tert-OH is 1. The molecule has 100 valence electrons. The molecule has 0 aliphatic carbocycles. The van der Waals surface area contributed by atoms with Crippen molar-refractivity contribution in [2.45, 2.75) is 25.3 Å². The number of aliphatic hydroxyl groups is 1. The summed E-state index contributed by atoms with van der Waals surface area (Å²) in [4.78, 5) is 11.1. The van der Waals surface area contributed by atoms with E-state index in [1.165, 1.54) is 0 Å². The molecule has 1 aliphatic heterocycles. The minimum Gasteiger partial charge on any atom is -0.394 e. The Labute approximate surface area is 117 Å². The molecule has 0 radical (unpaired) electrons. The topological polar surface area (TPSA) is 49.2 Å². The number of fused-ring (bicyclic) bond motifs is 1. The Hall–Kier alpha value is -1.39. The van der Waals surface area contributed by atoms with Crippen molar-refractivity contribution in [2.75, 3.05) is 18.1 Å². The lowest BCUT2D eigenvalue weighted by atomic mass is 10.0. The minimum absolute atomic E-state index is 0.0988. The van der Waals surface area contributed by atoms with E-state index in [1.54, 1.807) is 0 Å². The first kappa shape index (κ1) is 12.6. The van der Waals surface area contributed by atoms with Crippen LogP contribution in [0.3, 0.4) is 0 Å². The summed E-state index contributed by atoms with van der Waals surface area (Å²) in [6, 6.07) is 7.79. The summed E-state index contributed by atoms with van der Waals surface area (Å²) in [6.45, 7) is 1.00. The van der Waals surface area contributed by atoms with E-state index in [0.717, 1.165) is 36.8 Å². The van der Waals surface area contributed by atoms with Gasteiger partial charge in [-0.15, -0.1) is 0 Å². The molecule has 3 rings (SSSR count). The van der Waals surface area contributed by atoms with Crippen molar-refractivity contribution >= 4 is 28.5 Å². The smallest absolute Gasteiger partial charge is 0.172 e. The zero-order chi connectivity index (χ0) is 13.2. The van der Waals surface area contributed by atoms with Crippen molar-refractivity contribution in [3.63, 3.8) is 0 Å². The number of nitrogens with zero attached hydrogens (tertiary/aromatic N) is 3. The summed E-state index contributed by atoms with van der Waals surface area (Å²) in [6.07, 6.45) is 3.21. The van der Waals surface area contributed by atoms with Crippen LogP contribution in [0.15, 0.2) is 24.3 Å². The number of anilines is 1. The molecule has 5 heteroatoms. The highest BCUT2D eigenvalue weighted by molar-refractivity contribution is 6.32. The molecule has 1 aromatic heterocycles. The molecule has 1 unspecified atom stereocenters. The molecular weight excluding hydrogens is 262 g/mol. The van der Waals surface area contributed by atoms with Crippen molar-refractivity contribution < 1.29 is 5.11 Å². The van der Waals surface area contributed by atoms with Crippen LogP contribution in [0, 0.1) is 0 Å². The van der Waals surface area contributed by atoms with E-state index in [2.05, 4.69) is 14.9 Å². The van der Waals surface area contributed by atoms with E-state index < -0.39 is 0 Å². The number of aromatic nitrogens is 2. The predicted molar refractivity (Wildman–Crippen MR) is 76.6 cm³/mol. The molecule has 0 amide bonds. The van der Waals surface area contributed by atoms with E-state index in [1.807, 2.05) is 24.3 Å². The first-order valence-electron chi connectivity index (χ1n) is 6.59. The average molecular weight is 278 g/mol. The van der Waals surface area contributed by atoms with Crippen molar-refractivity contribution in [3.8, 4) is 0 Å². The molecule has 0 spiro atoms. The molecule has 1 aliphatic rings. The quantitative estimate of drug-likeness (QED) is 0.917. The van der Waals surface area contributed by atoms with Gasteiger partial charge in [0, 0.05) is 6.54 Å². The Morgan fingerprint density at radius 2 is 1.95 bits per heavy atom. The summed E-state index contributed by atoms with van der Waals surface area (Å²) >= 11 is 6.26. The van der Waals surface area contributed by atoms with Crippen LogP contribution < -0.4 is 4.90 Å². The van der Waals surface area contributed by atoms with Crippen LogP contribution in [-0.2, 0) is 0 Å². The van der Waals surface area contributed by atoms with Crippen molar-refractivity contribution in [1.82, 2.24) is 9.97 Å². The van der Waals surface area contributed by atoms with Crippen molar-refractivity contribution in [1.29, 1.82) is 0 Å². The standard InChI is InChI=1S/C14H16ClN3O/c15-13-14(18-8-4-3-5-10(18)9-19)17-12-7-2-1-6-11(12)16-13/h1-2,6-7,10,19H,3-5,8-9H2. The number of para-hydroxylation sites is 2. The summed E-state index contributed by atoms with van der Waals surface area (Å²) < 4.78 is 0. The van der Waals surface area contributed by atoms with Crippen molar-refractivity contribution in [2.24, 2.45) is 0 Å². The maximum Gasteiger partial charge on any atom is 0.172 e. The predicted octanol–water partition coefficient (Wildman–Crippen LogP) is 2.63. The molecule has 19 heavy (non-hydrogen) atoms. The third-order valence-electron chi connectivity index (χ3n) is 3.62. The maximum atomic E-state index is 9.49. The molecule has 1 saturated heterocycles. The highest BCUT2D eigenvalue weighted by Gasteiger charge is 2.25. The fourth-order valence-corrected chi connectivity index (χ4v) is 2.86. The van der Waals surface area contributed by atoms with Gasteiger partial charge in [0.05, 0.1) is 23.7 Å².